The average Bonchev–Trinajstić information content (AvgIpc) is 2.68. The van der Waals surface area contributed by atoms with Crippen LogP contribution in [0.15, 0.2) is 53.4 Å². The van der Waals surface area contributed by atoms with Gasteiger partial charge in [0.15, 0.2) is 4.90 Å². The molecule has 150 valence electrons. The van der Waals surface area contributed by atoms with E-state index in [9.17, 15) is 22.0 Å². The molecule has 0 N–H and O–H groups in total. The number of carbonyl (C=O) groups is 1. The maximum absolute atomic E-state index is 13.9. The Bertz CT molecular complexity index is 923. The van der Waals surface area contributed by atoms with Crippen molar-refractivity contribution in [3.05, 3.63) is 65.7 Å². The summed E-state index contributed by atoms with van der Waals surface area (Å²) in [5.74, 6) is -2.25. The fraction of sp³-hybridized carbons (Fsp3) is 0.350. The van der Waals surface area contributed by atoms with Gasteiger partial charge in [0.2, 0.25) is 15.9 Å². The fourth-order valence-corrected chi connectivity index (χ4v) is 4.86. The highest BCUT2D eigenvalue weighted by Crippen LogP contribution is 2.24. The molecule has 8 heteroatoms. The molecule has 2 aromatic carbocycles. The van der Waals surface area contributed by atoms with Crippen LogP contribution in [0, 0.1) is 11.6 Å². The van der Waals surface area contributed by atoms with Gasteiger partial charge in [0, 0.05) is 32.6 Å². The molecule has 0 radical (unpaired) electrons. The van der Waals surface area contributed by atoms with E-state index >= 15 is 0 Å². The SMILES string of the molecule is CC(CC(=O)N1CCN(S(=O)(=O)c2c(F)cccc2F)CC1)c1ccccc1. The van der Waals surface area contributed by atoms with Crippen molar-refractivity contribution >= 4 is 15.9 Å². The topological polar surface area (TPSA) is 57.7 Å². The van der Waals surface area contributed by atoms with Crippen molar-refractivity contribution < 1.29 is 22.0 Å². The van der Waals surface area contributed by atoms with E-state index in [4.69, 9.17) is 0 Å². The number of nitrogens with zero attached hydrogens (tertiary/aromatic N) is 2. The van der Waals surface area contributed by atoms with Crippen molar-refractivity contribution in [2.45, 2.75) is 24.2 Å². The molecule has 0 saturated carbocycles. The lowest BCUT2D eigenvalue weighted by Crippen LogP contribution is -2.50. The molecule has 1 unspecified atom stereocenters. The monoisotopic (exact) mass is 408 g/mol. The number of benzene rings is 2. The normalized spacial score (nSPS) is 16.8. The van der Waals surface area contributed by atoms with Gasteiger partial charge in [0.1, 0.15) is 11.6 Å². The van der Waals surface area contributed by atoms with E-state index in [0.717, 1.165) is 28.1 Å². The van der Waals surface area contributed by atoms with Gasteiger partial charge in [0.05, 0.1) is 0 Å². The second-order valence-corrected chi connectivity index (χ2v) is 8.73. The molecule has 1 atom stereocenters. The first-order valence-electron chi connectivity index (χ1n) is 9.07. The molecule has 0 spiro atoms. The Kier molecular flexibility index (Phi) is 6.10. The Morgan fingerprint density at radius 1 is 0.964 bits per heavy atom. The molecule has 2 aromatic rings. The van der Waals surface area contributed by atoms with E-state index in [1.54, 1.807) is 4.90 Å². The van der Waals surface area contributed by atoms with Gasteiger partial charge in [-0.1, -0.05) is 43.3 Å². The van der Waals surface area contributed by atoms with Crippen molar-refractivity contribution in [3.63, 3.8) is 0 Å². The van der Waals surface area contributed by atoms with Crippen LogP contribution in [0.4, 0.5) is 8.78 Å². The largest absolute Gasteiger partial charge is 0.340 e. The number of hydrogen-bond donors (Lipinski definition) is 0. The summed E-state index contributed by atoms with van der Waals surface area (Å²) in [6.45, 7) is 2.35. The van der Waals surface area contributed by atoms with Gasteiger partial charge < -0.3 is 4.90 Å². The third-order valence-corrected chi connectivity index (χ3v) is 6.91. The van der Waals surface area contributed by atoms with Crippen LogP contribution in [0.3, 0.4) is 0 Å². The Labute approximate surface area is 163 Å². The van der Waals surface area contributed by atoms with Crippen molar-refractivity contribution in [2.75, 3.05) is 26.2 Å². The minimum atomic E-state index is -4.29. The predicted octanol–water partition coefficient (Wildman–Crippen LogP) is 2.99. The van der Waals surface area contributed by atoms with Gasteiger partial charge in [-0.3, -0.25) is 4.79 Å². The van der Waals surface area contributed by atoms with Gasteiger partial charge >= 0.3 is 0 Å². The van der Waals surface area contributed by atoms with Crippen LogP contribution in [0.2, 0.25) is 0 Å². The van der Waals surface area contributed by atoms with E-state index in [0.29, 0.717) is 6.42 Å². The minimum Gasteiger partial charge on any atom is -0.340 e. The maximum Gasteiger partial charge on any atom is 0.249 e. The zero-order valence-electron chi connectivity index (χ0n) is 15.5. The van der Waals surface area contributed by atoms with Gasteiger partial charge in [-0.2, -0.15) is 4.31 Å². The lowest BCUT2D eigenvalue weighted by Gasteiger charge is -2.34. The molecule has 28 heavy (non-hydrogen) atoms. The van der Waals surface area contributed by atoms with Crippen LogP contribution in [0.1, 0.15) is 24.8 Å². The van der Waals surface area contributed by atoms with Crippen molar-refractivity contribution in [1.29, 1.82) is 0 Å². The molecular weight excluding hydrogens is 386 g/mol. The van der Waals surface area contributed by atoms with E-state index in [-0.39, 0.29) is 38.0 Å². The molecule has 1 amide bonds. The lowest BCUT2D eigenvalue weighted by atomic mass is 9.97. The second kappa shape index (κ2) is 8.36. The zero-order valence-corrected chi connectivity index (χ0v) is 16.3. The Morgan fingerprint density at radius 3 is 2.11 bits per heavy atom. The van der Waals surface area contributed by atoms with E-state index in [1.807, 2.05) is 37.3 Å². The molecule has 1 heterocycles. The van der Waals surface area contributed by atoms with Crippen molar-refractivity contribution in [1.82, 2.24) is 9.21 Å². The first-order valence-corrected chi connectivity index (χ1v) is 10.5. The quantitative estimate of drug-likeness (QED) is 0.764. The number of carbonyl (C=O) groups excluding carboxylic acids is 1. The van der Waals surface area contributed by atoms with Crippen molar-refractivity contribution in [3.8, 4) is 0 Å². The van der Waals surface area contributed by atoms with E-state index in [1.165, 1.54) is 0 Å². The summed E-state index contributed by atoms with van der Waals surface area (Å²) in [6, 6.07) is 12.6. The summed E-state index contributed by atoms with van der Waals surface area (Å²) in [6.07, 6.45) is 0.318. The fourth-order valence-electron chi connectivity index (χ4n) is 3.33. The Balaban J connectivity index is 1.63. The highest BCUT2D eigenvalue weighted by Gasteiger charge is 2.34. The molecule has 0 bridgehead atoms. The smallest absolute Gasteiger partial charge is 0.249 e. The molecule has 3 rings (SSSR count). The van der Waals surface area contributed by atoms with Crippen LogP contribution < -0.4 is 0 Å². The number of rotatable bonds is 5. The molecule has 5 nitrogen and oxygen atoms in total. The second-order valence-electron chi connectivity index (χ2n) is 6.85. The summed E-state index contributed by atoms with van der Waals surface area (Å²) in [5.41, 5.74) is 1.06. The van der Waals surface area contributed by atoms with Gasteiger partial charge in [0.25, 0.3) is 0 Å². The minimum absolute atomic E-state index is 0.00155. The number of piperazine rings is 1. The third-order valence-electron chi connectivity index (χ3n) is 4.96. The molecule has 1 aliphatic rings. The molecular formula is C20H22F2N2O3S. The highest BCUT2D eigenvalue weighted by atomic mass is 32.2. The highest BCUT2D eigenvalue weighted by molar-refractivity contribution is 7.89. The van der Waals surface area contributed by atoms with Crippen LogP contribution >= 0.6 is 0 Å². The molecule has 0 aliphatic carbocycles. The van der Waals surface area contributed by atoms with Gasteiger partial charge in [-0.15, -0.1) is 0 Å². The van der Waals surface area contributed by atoms with Gasteiger partial charge in [-0.25, -0.2) is 17.2 Å². The lowest BCUT2D eigenvalue weighted by molar-refractivity contribution is -0.132. The summed E-state index contributed by atoms with van der Waals surface area (Å²) >= 11 is 0. The van der Waals surface area contributed by atoms with Gasteiger partial charge in [-0.05, 0) is 23.6 Å². The summed E-state index contributed by atoms with van der Waals surface area (Å²) in [5, 5.41) is 0. The third kappa shape index (κ3) is 4.23. The van der Waals surface area contributed by atoms with Crippen molar-refractivity contribution in [2.24, 2.45) is 0 Å². The van der Waals surface area contributed by atoms with Crippen LogP contribution in [-0.4, -0.2) is 49.7 Å². The molecule has 1 aliphatic heterocycles. The van der Waals surface area contributed by atoms with Crippen LogP contribution in [0.5, 0.6) is 0 Å². The summed E-state index contributed by atoms with van der Waals surface area (Å²) in [7, 11) is -4.29. The number of halogens is 2. The average molecular weight is 408 g/mol. The first kappa shape index (κ1) is 20.4. The predicted molar refractivity (Wildman–Crippen MR) is 101 cm³/mol. The molecule has 1 saturated heterocycles. The number of hydrogen-bond acceptors (Lipinski definition) is 3. The summed E-state index contributed by atoms with van der Waals surface area (Å²) in [4.78, 5) is 13.2. The number of sulfonamides is 1. The van der Waals surface area contributed by atoms with E-state index in [2.05, 4.69) is 0 Å². The standard InChI is InChI=1S/C20H22F2N2O3S/c1-15(16-6-3-2-4-7-16)14-19(25)23-10-12-24(13-11-23)28(26,27)20-17(21)8-5-9-18(20)22/h2-9,15H,10-14H2,1H3. The van der Waals surface area contributed by atoms with Crippen LogP contribution in [0.25, 0.3) is 0 Å². The summed E-state index contributed by atoms with van der Waals surface area (Å²) < 4.78 is 54.0. The first-order chi connectivity index (χ1) is 13.3. The molecule has 0 aromatic heterocycles. The number of amides is 1. The zero-order chi connectivity index (χ0) is 20.3. The Morgan fingerprint density at radius 2 is 1.54 bits per heavy atom. The van der Waals surface area contributed by atoms with Crippen LogP contribution in [-0.2, 0) is 14.8 Å². The van der Waals surface area contributed by atoms with E-state index < -0.39 is 26.6 Å². The maximum atomic E-state index is 13.9. The Hall–Kier alpha value is -2.32. The molecule has 1 fully saturated rings.